The highest BCUT2D eigenvalue weighted by Crippen LogP contribution is 2.28. The largest absolute Gasteiger partial charge is 0.376 e. The Balaban J connectivity index is 2.42. The summed E-state index contributed by atoms with van der Waals surface area (Å²) in [7, 11) is 0. The predicted molar refractivity (Wildman–Crippen MR) is 82.1 cm³/mol. The van der Waals surface area contributed by atoms with Gasteiger partial charge in [-0.3, -0.25) is 16.3 Å². The van der Waals surface area contributed by atoms with Gasteiger partial charge in [0.1, 0.15) is 0 Å². The maximum Gasteiger partial charge on any atom is 0.0783 e. The second kappa shape index (κ2) is 7.33. The standard InChI is InChI=1S/C16H23N3O/c1-3-7-15(20-4-2)16(19-17)14-11-18-10-12-8-5-6-9-13(12)14/h5-6,8-11,15-16,19H,3-4,7,17H2,1-2H3. The van der Waals surface area contributed by atoms with E-state index in [2.05, 4.69) is 29.5 Å². The molecule has 4 heteroatoms. The normalized spacial score (nSPS) is 14.3. The highest BCUT2D eigenvalue weighted by Gasteiger charge is 2.23. The molecule has 20 heavy (non-hydrogen) atoms. The van der Waals surface area contributed by atoms with Crippen molar-refractivity contribution >= 4 is 10.8 Å². The molecule has 0 radical (unpaired) electrons. The number of hydrogen-bond acceptors (Lipinski definition) is 4. The number of nitrogens with zero attached hydrogens (tertiary/aromatic N) is 1. The van der Waals surface area contributed by atoms with Gasteiger partial charge in [0.25, 0.3) is 0 Å². The summed E-state index contributed by atoms with van der Waals surface area (Å²) in [6, 6.07) is 8.17. The first-order valence-corrected chi connectivity index (χ1v) is 7.22. The Bertz CT molecular complexity index is 533. The Morgan fingerprint density at radius 3 is 2.75 bits per heavy atom. The molecule has 2 unspecified atom stereocenters. The Labute approximate surface area is 120 Å². The van der Waals surface area contributed by atoms with Gasteiger partial charge < -0.3 is 4.74 Å². The van der Waals surface area contributed by atoms with Gasteiger partial charge in [0.05, 0.1) is 12.1 Å². The lowest BCUT2D eigenvalue weighted by Crippen LogP contribution is -2.38. The van der Waals surface area contributed by atoms with Crippen LogP contribution in [0.3, 0.4) is 0 Å². The van der Waals surface area contributed by atoms with Crippen LogP contribution in [-0.2, 0) is 4.74 Å². The molecular weight excluding hydrogens is 250 g/mol. The Morgan fingerprint density at radius 2 is 2.05 bits per heavy atom. The smallest absolute Gasteiger partial charge is 0.0783 e. The molecule has 0 aliphatic carbocycles. The first-order chi connectivity index (χ1) is 9.81. The lowest BCUT2D eigenvalue weighted by Gasteiger charge is -2.27. The summed E-state index contributed by atoms with van der Waals surface area (Å²) >= 11 is 0. The van der Waals surface area contributed by atoms with Gasteiger partial charge in [-0.15, -0.1) is 0 Å². The van der Waals surface area contributed by atoms with E-state index in [4.69, 9.17) is 10.6 Å². The number of hydrogen-bond donors (Lipinski definition) is 2. The molecule has 1 aromatic carbocycles. The number of fused-ring (bicyclic) bond motifs is 1. The van der Waals surface area contributed by atoms with Crippen LogP contribution in [-0.4, -0.2) is 17.7 Å². The molecule has 3 N–H and O–H groups in total. The van der Waals surface area contributed by atoms with Crippen LogP contribution >= 0.6 is 0 Å². The van der Waals surface area contributed by atoms with Crippen molar-refractivity contribution in [3.63, 3.8) is 0 Å². The molecule has 2 rings (SSSR count). The number of nitrogens with one attached hydrogen (secondary N) is 1. The second-order valence-electron chi connectivity index (χ2n) is 4.88. The summed E-state index contributed by atoms with van der Waals surface area (Å²) in [4.78, 5) is 4.33. The average molecular weight is 273 g/mol. The van der Waals surface area contributed by atoms with E-state index in [1.807, 2.05) is 31.5 Å². The predicted octanol–water partition coefficient (Wildman–Crippen LogP) is 2.94. The van der Waals surface area contributed by atoms with E-state index in [1.54, 1.807) is 0 Å². The molecule has 0 aliphatic heterocycles. The summed E-state index contributed by atoms with van der Waals surface area (Å²) < 4.78 is 5.87. The minimum atomic E-state index is -0.0477. The second-order valence-corrected chi connectivity index (χ2v) is 4.88. The average Bonchev–Trinajstić information content (AvgIpc) is 2.49. The summed E-state index contributed by atoms with van der Waals surface area (Å²) in [6.07, 6.45) is 5.84. The van der Waals surface area contributed by atoms with Crippen molar-refractivity contribution in [2.75, 3.05) is 6.61 Å². The van der Waals surface area contributed by atoms with Gasteiger partial charge in [-0.2, -0.15) is 0 Å². The molecule has 108 valence electrons. The van der Waals surface area contributed by atoms with Crippen LogP contribution in [0.15, 0.2) is 36.7 Å². The van der Waals surface area contributed by atoms with Gasteiger partial charge in [0, 0.05) is 24.4 Å². The van der Waals surface area contributed by atoms with Crippen molar-refractivity contribution < 1.29 is 4.74 Å². The fourth-order valence-corrected chi connectivity index (χ4v) is 2.63. The van der Waals surface area contributed by atoms with Crippen LogP contribution in [0, 0.1) is 0 Å². The zero-order valence-electron chi connectivity index (χ0n) is 12.2. The SMILES string of the molecule is CCCC(OCC)C(NN)c1cncc2ccccc12. The third-order valence-corrected chi connectivity index (χ3v) is 3.54. The summed E-state index contributed by atoms with van der Waals surface area (Å²) in [5, 5.41) is 2.29. The van der Waals surface area contributed by atoms with Gasteiger partial charge in [0.15, 0.2) is 0 Å². The van der Waals surface area contributed by atoms with Gasteiger partial charge in [-0.25, -0.2) is 0 Å². The number of ether oxygens (including phenoxy) is 1. The van der Waals surface area contributed by atoms with E-state index in [9.17, 15) is 0 Å². The maximum absolute atomic E-state index is 5.87. The zero-order chi connectivity index (χ0) is 14.4. The minimum Gasteiger partial charge on any atom is -0.376 e. The van der Waals surface area contributed by atoms with Crippen molar-refractivity contribution in [1.82, 2.24) is 10.4 Å². The molecule has 1 aromatic heterocycles. The number of nitrogens with two attached hydrogens (primary N) is 1. The molecule has 0 aliphatic rings. The zero-order valence-corrected chi connectivity index (χ0v) is 12.2. The Kier molecular flexibility index (Phi) is 5.47. The van der Waals surface area contributed by atoms with Crippen molar-refractivity contribution in [3.05, 3.63) is 42.2 Å². The van der Waals surface area contributed by atoms with E-state index >= 15 is 0 Å². The van der Waals surface area contributed by atoms with E-state index in [-0.39, 0.29) is 12.1 Å². The Hall–Kier alpha value is -1.49. The first kappa shape index (κ1) is 14.9. The number of aromatic nitrogens is 1. The van der Waals surface area contributed by atoms with Crippen molar-refractivity contribution in [3.8, 4) is 0 Å². The van der Waals surface area contributed by atoms with Crippen LogP contribution in [0.2, 0.25) is 0 Å². The minimum absolute atomic E-state index is 0.0477. The van der Waals surface area contributed by atoms with Gasteiger partial charge in [-0.1, -0.05) is 37.6 Å². The van der Waals surface area contributed by atoms with Crippen molar-refractivity contribution in [1.29, 1.82) is 0 Å². The van der Waals surface area contributed by atoms with E-state index in [0.717, 1.165) is 23.8 Å². The maximum atomic E-state index is 5.87. The highest BCUT2D eigenvalue weighted by atomic mass is 16.5. The van der Waals surface area contributed by atoms with Gasteiger partial charge in [0.2, 0.25) is 0 Å². The monoisotopic (exact) mass is 273 g/mol. The molecule has 4 nitrogen and oxygen atoms in total. The van der Waals surface area contributed by atoms with Gasteiger partial charge >= 0.3 is 0 Å². The third kappa shape index (κ3) is 3.15. The summed E-state index contributed by atoms with van der Waals surface area (Å²) in [6.45, 7) is 4.85. The molecule has 0 saturated heterocycles. The number of rotatable bonds is 7. The number of benzene rings is 1. The molecule has 2 atom stereocenters. The molecular formula is C16H23N3O. The van der Waals surface area contributed by atoms with Crippen LogP contribution in [0.1, 0.15) is 38.3 Å². The van der Waals surface area contributed by atoms with Crippen molar-refractivity contribution in [2.24, 2.45) is 5.84 Å². The first-order valence-electron chi connectivity index (χ1n) is 7.22. The molecule has 2 aromatic rings. The van der Waals surface area contributed by atoms with Gasteiger partial charge in [-0.05, 0) is 24.3 Å². The molecule has 1 heterocycles. The molecule has 0 bridgehead atoms. The van der Waals surface area contributed by atoms with E-state index in [1.165, 1.54) is 5.39 Å². The highest BCUT2D eigenvalue weighted by molar-refractivity contribution is 5.85. The van der Waals surface area contributed by atoms with Crippen LogP contribution in [0.5, 0.6) is 0 Å². The number of hydrazine groups is 1. The summed E-state index contributed by atoms with van der Waals surface area (Å²) in [5.74, 6) is 5.80. The molecule has 0 fully saturated rings. The Morgan fingerprint density at radius 1 is 1.25 bits per heavy atom. The van der Waals surface area contributed by atoms with Crippen molar-refractivity contribution in [2.45, 2.75) is 38.8 Å². The van der Waals surface area contributed by atoms with Crippen LogP contribution in [0.4, 0.5) is 0 Å². The molecule has 0 saturated carbocycles. The third-order valence-electron chi connectivity index (χ3n) is 3.54. The lowest BCUT2D eigenvalue weighted by atomic mass is 9.95. The molecule has 0 spiro atoms. The summed E-state index contributed by atoms with van der Waals surface area (Å²) in [5.41, 5.74) is 4.01. The fourth-order valence-electron chi connectivity index (χ4n) is 2.63. The molecule has 0 amide bonds. The van der Waals surface area contributed by atoms with E-state index in [0.29, 0.717) is 6.61 Å². The van der Waals surface area contributed by atoms with Crippen LogP contribution in [0.25, 0.3) is 10.8 Å². The topological polar surface area (TPSA) is 60.2 Å². The fraction of sp³-hybridized carbons (Fsp3) is 0.438. The number of pyridine rings is 1. The van der Waals surface area contributed by atoms with E-state index < -0.39 is 0 Å². The lowest BCUT2D eigenvalue weighted by molar-refractivity contribution is 0.0279. The quantitative estimate of drug-likeness (QED) is 0.601. The van der Waals surface area contributed by atoms with Crippen LogP contribution < -0.4 is 11.3 Å².